The van der Waals surface area contributed by atoms with Gasteiger partial charge in [0, 0.05) is 22.3 Å². The van der Waals surface area contributed by atoms with Gasteiger partial charge in [-0.05, 0) is 36.4 Å². The molecule has 2 nitrogen and oxygen atoms in total. The molecule has 6 heteroatoms. The molecule has 0 unspecified atom stereocenters. The lowest BCUT2D eigenvalue weighted by atomic mass is 10.0. The minimum absolute atomic E-state index is 0.0644. The number of benzene rings is 3. The van der Waals surface area contributed by atoms with Gasteiger partial charge in [-0.2, -0.15) is 0 Å². The van der Waals surface area contributed by atoms with Crippen LogP contribution in [-0.2, 0) is 6.61 Å². The van der Waals surface area contributed by atoms with Crippen molar-refractivity contribution < 1.29 is 22.7 Å². The van der Waals surface area contributed by atoms with Gasteiger partial charge in [0.25, 0.3) is 0 Å². The number of hydrogen-bond donors (Lipinski definition) is 0. The Bertz CT molecular complexity index is 973. The molecular weight excluding hydrogens is 365 g/mol. The Morgan fingerprint density at radius 1 is 0.962 bits per heavy atom. The molecule has 0 saturated heterocycles. The van der Waals surface area contributed by atoms with Crippen LogP contribution in [0.3, 0.4) is 0 Å². The third kappa shape index (κ3) is 3.73. The predicted molar refractivity (Wildman–Crippen MR) is 92.9 cm³/mol. The van der Waals surface area contributed by atoms with Crippen LogP contribution in [-0.4, -0.2) is 6.29 Å². The van der Waals surface area contributed by atoms with Gasteiger partial charge in [-0.25, -0.2) is 13.2 Å². The van der Waals surface area contributed by atoms with Crippen LogP contribution >= 0.6 is 11.6 Å². The van der Waals surface area contributed by atoms with E-state index in [4.69, 9.17) is 16.3 Å². The highest BCUT2D eigenvalue weighted by atomic mass is 35.5. The number of carbonyl (C=O) groups excluding carboxylic acids is 1. The minimum atomic E-state index is -0.726. The van der Waals surface area contributed by atoms with Gasteiger partial charge in [-0.3, -0.25) is 4.79 Å². The molecule has 0 atom stereocenters. The van der Waals surface area contributed by atoms with Gasteiger partial charge >= 0.3 is 0 Å². The Kier molecular flexibility index (Phi) is 5.28. The van der Waals surface area contributed by atoms with Crippen LogP contribution in [0, 0.1) is 17.5 Å². The maximum atomic E-state index is 14.7. The SMILES string of the molecule is O=Cc1ccc(OCc2cccc(-c3cc(F)ccc3F)c2F)c(Cl)c1. The molecule has 0 N–H and O–H groups in total. The van der Waals surface area contributed by atoms with E-state index in [0.29, 0.717) is 11.8 Å². The molecule has 0 heterocycles. The number of halogens is 4. The second kappa shape index (κ2) is 7.62. The van der Waals surface area contributed by atoms with Crippen molar-refractivity contribution in [2.24, 2.45) is 0 Å². The Labute approximate surface area is 152 Å². The average Bonchev–Trinajstić information content (AvgIpc) is 2.64. The van der Waals surface area contributed by atoms with Gasteiger partial charge < -0.3 is 4.74 Å². The van der Waals surface area contributed by atoms with E-state index in [1.807, 2.05) is 0 Å². The summed E-state index contributed by atoms with van der Waals surface area (Å²) in [7, 11) is 0. The van der Waals surface area contributed by atoms with Crippen LogP contribution in [0.1, 0.15) is 15.9 Å². The van der Waals surface area contributed by atoms with Gasteiger partial charge in [0.1, 0.15) is 36.1 Å². The highest BCUT2D eigenvalue weighted by Crippen LogP contribution is 2.30. The van der Waals surface area contributed by atoms with Crippen LogP contribution in [0.5, 0.6) is 5.75 Å². The summed E-state index contributed by atoms with van der Waals surface area (Å²) in [6, 6.07) is 11.7. The van der Waals surface area contributed by atoms with Crippen molar-refractivity contribution in [3.63, 3.8) is 0 Å². The number of rotatable bonds is 5. The maximum absolute atomic E-state index is 14.7. The third-order valence-corrected chi connectivity index (χ3v) is 4.07. The molecule has 26 heavy (non-hydrogen) atoms. The summed E-state index contributed by atoms with van der Waals surface area (Å²) >= 11 is 6.01. The van der Waals surface area contributed by atoms with Gasteiger partial charge in [0.2, 0.25) is 0 Å². The van der Waals surface area contributed by atoms with E-state index in [1.165, 1.54) is 36.4 Å². The van der Waals surface area contributed by atoms with Crippen molar-refractivity contribution in [3.8, 4) is 16.9 Å². The molecular formula is C20H12ClF3O2. The minimum Gasteiger partial charge on any atom is -0.487 e. The second-order valence-corrected chi connectivity index (χ2v) is 5.91. The van der Waals surface area contributed by atoms with E-state index in [9.17, 15) is 18.0 Å². The standard InChI is InChI=1S/C20H12ClF3O2/c21-17-8-12(10-25)4-7-19(17)26-11-13-2-1-3-15(20(13)24)16-9-14(22)5-6-18(16)23/h1-10H,11H2. The van der Waals surface area contributed by atoms with Crippen LogP contribution < -0.4 is 4.74 Å². The molecule has 3 rings (SSSR count). The van der Waals surface area contributed by atoms with Crippen LogP contribution in [0.2, 0.25) is 5.02 Å². The van der Waals surface area contributed by atoms with E-state index in [1.54, 1.807) is 0 Å². The first-order valence-electron chi connectivity index (χ1n) is 7.60. The molecule has 0 aromatic heterocycles. The normalized spacial score (nSPS) is 10.6. The molecule has 0 spiro atoms. The Balaban J connectivity index is 1.88. The second-order valence-electron chi connectivity index (χ2n) is 5.50. The fraction of sp³-hybridized carbons (Fsp3) is 0.0500. The molecule has 0 bridgehead atoms. The van der Waals surface area contributed by atoms with Crippen molar-refractivity contribution in [3.05, 3.63) is 88.2 Å². The van der Waals surface area contributed by atoms with Crippen LogP contribution in [0.15, 0.2) is 54.6 Å². The Morgan fingerprint density at radius 2 is 1.77 bits per heavy atom. The van der Waals surface area contributed by atoms with Crippen molar-refractivity contribution >= 4 is 17.9 Å². The summed E-state index contributed by atoms with van der Waals surface area (Å²) in [6.07, 6.45) is 0.645. The summed E-state index contributed by atoms with van der Waals surface area (Å²) < 4.78 is 47.6. The number of ether oxygens (including phenoxy) is 1. The zero-order chi connectivity index (χ0) is 18.7. The molecule has 0 aliphatic carbocycles. The monoisotopic (exact) mass is 376 g/mol. The van der Waals surface area contributed by atoms with E-state index >= 15 is 0 Å². The number of aldehydes is 1. The predicted octanol–water partition coefficient (Wildman–Crippen LogP) is 5.82. The smallest absolute Gasteiger partial charge is 0.150 e. The number of hydrogen-bond acceptors (Lipinski definition) is 2. The number of carbonyl (C=O) groups is 1. The molecule has 0 aliphatic rings. The summed E-state index contributed by atoms with van der Waals surface area (Å²) in [4.78, 5) is 10.7. The zero-order valence-electron chi connectivity index (χ0n) is 13.3. The first-order chi connectivity index (χ1) is 12.5. The molecule has 3 aromatic rings. The maximum Gasteiger partial charge on any atom is 0.150 e. The van der Waals surface area contributed by atoms with Crippen LogP contribution in [0.25, 0.3) is 11.1 Å². The Morgan fingerprint density at radius 3 is 2.50 bits per heavy atom. The Hall–Kier alpha value is -2.79. The first kappa shape index (κ1) is 18.0. The quantitative estimate of drug-likeness (QED) is 0.525. The van der Waals surface area contributed by atoms with Gasteiger partial charge in [-0.1, -0.05) is 29.8 Å². The summed E-state index contributed by atoms with van der Waals surface area (Å²) in [5, 5.41) is 0.210. The highest BCUT2D eigenvalue weighted by Gasteiger charge is 2.15. The highest BCUT2D eigenvalue weighted by molar-refractivity contribution is 6.32. The van der Waals surface area contributed by atoms with Gasteiger partial charge in [-0.15, -0.1) is 0 Å². The van der Waals surface area contributed by atoms with Crippen molar-refractivity contribution in [1.29, 1.82) is 0 Å². The van der Waals surface area contributed by atoms with Crippen LogP contribution in [0.4, 0.5) is 13.2 Å². The van der Waals surface area contributed by atoms with E-state index in [-0.39, 0.29) is 34.1 Å². The van der Waals surface area contributed by atoms with Crippen molar-refractivity contribution in [2.45, 2.75) is 6.61 Å². The fourth-order valence-corrected chi connectivity index (χ4v) is 2.71. The molecule has 0 amide bonds. The third-order valence-electron chi connectivity index (χ3n) is 3.77. The summed E-state index contributed by atoms with van der Waals surface area (Å²) in [5.41, 5.74) is 0.307. The largest absolute Gasteiger partial charge is 0.487 e. The molecule has 0 saturated carbocycles. The zero-order valence-corrected chi connectivity index (χ0v) is 14.1. The van der Waals surface area contributed by atoms with E-state index in [2.05, 4.69) is 0 Å². The summed E-state index contributed by atoms with van der Waals surface area (Å²) in [5.74, 6) is -1.82. The van der Waals surface area contributed by atoms with Crippen molar-refractivity contribution in [1.82, 2.24) is 0 Å². The van der Waals surface area contributed by atoms with Gasteiger partial charge in [0.05, 0.1) is 5.02 Å². The molecule has 0 fully saturated rings. The van der Waals surface area contributed by atoms with E-state index < -0.39 is 17.5 Å². The molecule has 132 valence electrons. The average molecular weight is 377 g/mol. The van der Waals surface area contributed by atoms with E-state index in [0.717, 1.165) is 18.2 Å². The fourth-order valence-electron chi connectivity index (χ4n) is 2.47. The lowest BCUT2D eigenvalue weighted by Crippen LogP contribution is -2.01. The lowest BCUT2D eigenvalue weighted by Gasteiger charge is -2.12. The first-order valence-corrected chi connectivity index (χ1v) is 7.97. The molecule has 0 radical (unpaired) electrons. The van der Waals surface area contributed by atoms with Gasteiger partial charge in [0.15, 0.2) is 0 Å². The topological polar surface area (TPSA) is 26.3 Å². The summed E-state index contributed by atoms with van der Waals surface area (Å²) in [6.45, 7) is -0.170. The molecule has 0 aliphatic heterocycles. The lowest BCUT2D eigenvalue weighted by molar-refractivity contribution is 0.112. The molecule has 3 aromatic carbocycles. The van der Waals surface area contributed by atoms with Crippen molar-refractivity contribution in [2.75, 3.05) is 0 Å².